The Morgan fingerprint density at radius 2 is 2.13 bits per heavy atom. The average molecular weight is 211 g/mol. The number of ether oxygens (including phenoxy) is 1. The Balaban J connectivity index is 2.56. The molecular formula is C12H21NO2. The number of carbonyl (C=O) groups is 1. The van der Waals surface area contributed by atoms with Crippen LogP contribution >= 0.6 is 0 Å². The number of carbonyl (C=O) groups excluding carboxylic acids is 1. The van der Waals surface area contributed by atoms with Gasteiger partial charge >= 0.3 is 6.09 Å². The van der Waals surface area contributed by atoms with Gasteiger partial charge in [0.1, 0.15) is 5.60 Å². The van der Waals surface area contributed by atoms with Crippen molar-refractivity contribution in [2.24, 2.45) is 0 Å². The minimum absolute atomic E-state index is 0.206. The molecule has 1 heterocycles. The maximum absolute atomic E-state index is 11.8. The maximum Gasteiger partial charge on any atom is 0.410 e. The number of hydrogen-bond donors (Lipinski definition) is 0. The van der Waals surface area contributed by atoms with Crippen LogP contribution < -0.4 is 0 Å². The van der Waals surface area contributed by atoms with Gasteiger partial charge in [-0.2, -0.15) is 0 Å². The molecule has 15 heavy (non-hydrogen) atoms. The van der Waals surface area contributed by atoms with Crippen molar-refractivity contribution in [3.63, 3.8) is 0 Å². The molecule has 3 heteroatoms. The zero-order valence-electron chi connectivity index (χ0n) is 10.2. The molecular weight excluding hydrogens is 190 g/mol. The second kappa shape index (κ2) is 4.25. The molecule has 0 N–H and O–H groups in total. The van der Waals surface area contributed by atoms with Crippen LogP contribution in [0.2, 0.25) is 0 Å². The quantitative estimate of drug-likeness (QED) is 0.576. The number of nitrogens with zero attached hydrogens (tertiary/aromatic N) is 1. The zero-order chi connectivity index (χ0) is 11.6. The monoisotopic (exact) mass is 211 g/mol. The molecule has 0 saturated carbocycles. The Morgan fingerprint density at radius 3 is 2.60 bits per heavy atom. The largest absolute Gasteiger partial charge is 0.444 e. The van der Waals surface area contributed by atoms with Crippen molar-refractivity contribution in [1.29, 1.82) is 0 Å². The van der Waals surface area contributed by atoms with Crippen LogP contribution in [-0.2, 0) is 4.74 Å². The third-order valence-electron chi connectivity index (χ3n) is 2.45. The number of rotatable bonds is 0. The fraction of sp³-hybridized carbons (Fsp3) is 0.750. The molecule has 3 nitrogen and oxygen atoms in total. The van der Waals surface area contributed by atoms with Crippen molar-refractivity contribution in [2.45, 2.75) is 52.2 Å². The van der Waals surface area contributed by atoms with Crippen molar-refractivity contribution < 1.29 is 9.53 Å². The predicted molar refractivity (Wildman–Crippen MR) is 60.8 cm³/mol. The van der Waals surface area contributed by atoms with Crippen molar-refractivity contribution in [3.8, 4) is 0 Å². The summed E-state index contributed by atoms with van der Waals surface area (Å²) >= 11 is 0. The third-order valence-corrected chi connectivity index (χ3v) is 2.45. The lowest BCUT2D eigenvalue weighted by Crippen LogP contribution is -2.45. The van der Waals surface area contributed by atoms with Gasteiger partial charge in [0.2, 0.25) is 0 Å². The summed E-state index contributed by atoms with van der Waals surface area (Å²) in [7, 11) is 0. The summed E-state index contributed by atoms with van der Waals surface area (Å²) in [6, 6.07) is 0.209. The summed E-state index contributed by atoms with van der Waals surface area (Å²) in [4.78, 5) is 13.6. The fourth-order valence-electron chi connectivity index (χ4n) is 1.72. The van der Waals surface area contributed by atoms with Gasteiger partial charge in [-0.25, -0.2) is 4.79 Å². The first-order valence-corrected chi connectivity index (χ1v) is 5.46. The van der Waals surface area contributed by atoms with Crippen LogP contribution in [0.4, 0.5) is 4.79 Å². The second-order valence-corrected chi connectivity index (χ2v) is 5.23. The van der Waals surface area contributed by atoms with Gasteiger partial charge in [-0.05, 0) is 40.5 Å². The lowest BCUT2D eigenvalue weighted by atomic mass is 10.00. The third kappa shape index (κ3) is 3.57. The van der Waals surface area contributed by atoms with E-state index in [0.29, 0.717) is 0 Å². The summed E-state index contributed by atoms with van der Waals surface area (Å²) in [5.41, 5.74) is 0.813. The number of hydrogen-bond acceptors (Lipinski definition) is 2. The summed E-state index contributed by atoms with van der Waals surface area (Å²) in [5, 5.41) is 0. The molecule has 0 aromatic rings. The van der Waals surface area contributed by atoms with Gasteiger partial charge in [-0.3, -0.25) is 0 Å². The normalized spacial score (nSPS) is 22.8. The highest BCUT2D eigenvalue weighted by molar-refractivity contribution is 5.68. The van der Waals surface area contributed by atoms with Crippen molar-refractivity contribution in [3.05, 3.63) is 12.2 Å². The topological polar surface area (TPSA) is 29.5 Å². The summed E-state index contributed by atoms with van der Waals surface area (Å²) < 4.78 is 5.34. The summed E-state index contributed by atoms with van der Waals surface area (Å²) in [5.74, 6) is 0. The van der Waals surface area contributed by atoms with E-state index in [1.165, 1.54) is 5.57 Å². The van der Waals surface area contributed by atoms with Crippen LogP contribution in [0.5, 0.6) is 0 Å². The van der Waals surface area contributed by atoms with Crippen molar-refractivity contribution >= 4 is 6.09 Å². The first kappa shape index (κ1) is 12.1. The minimum atomic E-state index is -0.411. The van der Waals surface area contributed by atoms with Crippen LogP contribution in [0.25, 0.3) is 0 Å². The predicted octanol–water partition coefficient (Wildman–Crippen LogP) is 2.96. The van der Waals surface area contributed by atoms with Crippen LogP contribution in [0.3, 0.4) is 0 Å². The van der Waals surface area contributed by atoms with E-state index < -0.39 is 5.60 Å². The van der Waals surface area contributed by atoms with Gasteiger partial charge in [0.05, 0.1) is 0 Å². The first-order chi connectivity index (χ1) is 6.79. The Bertz CT molecular complexity index is 265. The Labute approximate surface area is 92.1 Å². The zero-order valence-corrected chi connectivity index (χ0v) is 10.2. The molecule has 86 valence electrons. The van der Waals surface area contributed by atoms with Crippen LogP contribution in [0.1, 0.15) is 40.5 Å². The van der Waals surface area contributed by atoms with E-state index in [2.05, 4.69) is 6.58 Å². The molecule has 0 aromatic heterocycles. The average Bonchev–Trinajstić information content (AvgIpc) is 1.99. The van der Waals surface area contributed by atoms with E-state index in [9.17, 15) is 4.79 Å². The van der Waals surface area contributed by atoms with Gasteiger partial charge in [0.25, 0.3) is 0 Å². The SMILES string of the molecule is C=C1CCN(C(=O)OC(C)(C)C)C(C)C1. The molecule has 1 unspecified atom stereocenters. The molecule has 0 aliphatic carbocycles. The number of likely N-dealkylation sites (tertiary alicyclic amines) is 1. The van der Waals surface area contributed by atoms with E-state index in [-0.39, 0.29) is 12.1 Å². The van der Waals surface area contributed by atoms with E-state index in [4.69, 9.17) is 4.74 Å². The molecule has 1 saturated heterocycles. The van der Waals surface area contributed by atoms with Gasteiger partial charge < -0.3 is 9.64 Å². The van der Waals surface area contributed by atoms with Crippen molar-refractivity contribution in [1.82, 2.24) is 4.90 Å². The molecule has 0 radical (unpaired) electrons. The first-order valence-electron chi connectivity index (χ1n) is 5.46. The van der Waals surface area contributed by atoms with Gasteiger partial charge in [-0.1, -0.05) is 12.2 Å². The van der Waals surface area contributed by atoms with Gasteiger partial charge in [0.15, 0.2) is 0 Å². The summed E-state index contributed by atoms with van der Waals surface area (Å²) in [6.07, 6.45) is 1.57. The van der Waals surface area contributed by atoms with Gasteiger partial charge in [0, 0.05) is 12.6 Å². The number of piperidine rings is 1. The highest BCUT2D eigenvalue weighted by atomic mass is 16.6. The number of amides is 1. The molecule has 1 aliphatic rings. The van der Waals surface area contributed by atoms with E-state index in [1.54, 1.807) is 4.90 Å². The fourth-order valence-corrected chi connectivity index (χ4v) is 1.72. The molecule has 0 spiro atoms. The lowest BCUT2D eigenvalue weighted by Gasteiger charge is -2.35. The molecule has 0 bridgehead atoms. The van der Waals surface area contributed by atoms with Crippen LogP contribution in [0, 0.1) is 0 Å². The molecule has 1 atom stereocenters. The molecule has 1 rings (SSSR count). The Morgan fingerprint density at radius 1 is 1.53 bits per heavy atom. The smallest absolute Gasteiger partial charge is 0.410 e. The van der Waals surface area contributed by atoms with Crippen molar-refractivity contribution in [2.75, 3.05) is 6.54 Å². The maximum atomic E-state index is 11.8. The highest BCUT2D eigenvalue weighted by Crippen LogP contribution is 2.22. The standard InChI is InChI=1S/C12H21NO2/c1-9-6-7-13(10(2)8-9)11(14)15-12(3,4)5/h10H,1,6-8H2,2-5H3. The Kier molecular flexibility index (Phi) is 3.42. The molecule has 1 fully saturated rings. The highest BCUT2D eigenvalue weighted by Gasteiger charge is 2.28. The van der Waals surface area contributed by atoms with E-state index >= 15 is 0 Å². The van der Waals surface area contributed by atoms with Gasteiger partial charge in [-0.15, -0.1) is 0 Å². The van der Waals surface area contributed by atoms with E-state index in [1.807, 2.05) is 27.7 Å². The second-order valence-electron chi connectivity index (χ2n) is 5.23. The lowest BCUT2D eigenvalue weighted by molar-refractivity contribution is 0.0152. The molecule has 1 aliphatic heterocycles. The molecule has 0 aromatic carbocycles. The van der Waals surface area contributed by atoms with Crippen LogP contribution in [-0.4, -0.2) is 29.2 Å². The molecule has 1 amide bonds. The Hall–Kier alpha value is -0.990. The van der Waals surface area contributed by atoms with Crippen LogP contribution in [0.15, 0.2) is 12.2 Å². The summed E-state index contributed by atoms with van der Waals surface area (Å²) in [6.45, 7) is 12.4. The minimum Gasteiger partial charge on any atom is -0.444 e. The van der Waals surface area contributed by atoms with E-state index in [0.717, 1.165) is 19.4 Å².